The number of pyridine rings is 1. The molecule has 0 aliphatic heterocycles. The summed E-state index contributed by atoms with van der Waals surface area (Å²) in [6.45, 7) is 6.34. The van der Waals surface area contributed by atoms with E-state index in [1.54, 1.807) is 11.3 Å². The van der Waals surface area contributed by atoms with Gasteiger partial charge in [-0.15, -0.1) is 11.3 Å². The van der Waals surface area contributed by atoms with Crippen molar-refractivity contribution in [3.8, 4) is 11.3 Å². The Bertz CT molecular complexity index is 601. The summed E-state index contributed by atoms with van der Waals surface area (Å²) >= 11 is 1.66. The zero-order chi connectivity index (χ0) is 13.4. The van der Waals surface area contributed by atoms with Crippen molar-refractivity contribution in [3.05, 3.63) is 28.4 Å². The fourth-order valence-corrected chi connectivity index (χ4v) is 3.40. The summed E-state index contributed by atoms with van der Waals surface area (Å²) in [4.78, 5) is 9.42. The van der Waals surface area contributed by atoms with Crippen LogP contribution in [0, 0.1) is 6.92 Å². The fraction of sp³-hybridized carbons (Fsp3) is 0.467. The highest BCUT2D eigenvalue weighted by molar-refractivity contribution is 7.14. The van der Waals surface area contributed by atoms with Gasteiger partial charge in [-0.3, -0.25) is 4.98 Å². The SMILES string of the molecule is Cc1nc2c(cc1-c1csc(NC(C)C)n1)CCC2. The lowest BCUT2D eigenvalue weighted by atomic mass is 10.1. The molecule has 3 nitrogen and oxygen atoms in total. The normalized spacial score (nSPS) is 13.9. The summed E-state index contributed by atoms with van der Waals surface area (Å²) in [7, 11) is 0. The lowest BCUT2D eigenvalue weighted by molar-refractivity contribution is 0.896. The Labute approximate surface area is 118 Å². The van der Waals surface area contributed by atoms with Crippen molar-refractivity contribution in [1.29, 1.82) is 0 Å². The number of anilines is 1. The van der Waals surface area contributed by atoms with Crippen LogP contribution in [0.5, 0.6) is 0 Å². The van der Waals surface area contributed by atoms with Crippen molar-refractivity contribution in [2.75, 3.05) is 5.32 Å². The van der Waals surface area contributed by atoms with Crippen LogP contribution in [0.1, 0.15) is 37.2 Å². The Morgan fingerprint density at radius 2 is 2.11 bits per heavy atom. The maximum atomic E-state index is 4.74. The van der Waals surface area contributed by atoms with E-state index in [2.05, 4.69) is 42.5 Å². The average Bonchev–Trinajstić information content (AvgIpc) is 2.95. The monoisotopic (exact) mass is 273 g/mol. The third-order valence-corrected chi connectivity index (χ3v) is 4.21. The van der Waals surface area contributed by atoms with Crippen LogP contribution in [-0.4, -0.2) is 16.0 Å². The highest BCUT2D eigenvalue weighted by atomic mass is 32.1. The van der Waals surface area contributed by atoms with E-state index >= 15 is 0 Å². The molecular weight excluding hydrogens is 254 g/mol. The van der Waals surface area contributed by atoms with Crippen LogP contribution in [0.2, 0.25) is 0 Å². The Kier molecular flexibility index (Phi) is 3.27. The second kappa shape index (κ2) is 4.93. The Morgan fingerprint density at radius 1 is 1.26 bits per heavy atom. The van der Waals surface area contributed by atoms with Crippen LogP contribution in [0.25, 0.3) is 11.3 Å². The lowest BCUT2D eigenvalue weighted by Gasteiger charge is -2.07. The molecule has 1 aliphatic rings. The molecule has 4 heteroatoms. The second-order valence-corrected chi connectivity index (χ2v) is 6.28. The first-order valence-electron chi connectivity index (χ1n) is 6.85. The fourth-order valence-electron chi connectivity index (χ4n) is 2.55. The van der Waals surface area contributed by atoms with Crippen LogP contribution < -0.4 is 5.32 Å². The molecule has 2 aromatic heterocycles. The standard InChI is InChI=1S/C15H19N3S/c1-9(2)16-15-18-14(8-19-15)12-7-11-5-4-6-13(11)17-10(12)3/h7-9H,4-6H2,1-3H3,(H,16,18). The highest BCUT2D eigenvalue weighted by Gasteiger charge is 2.16. The molecule has 0 saturated heterocycles. The first-order chi connectivity index (χ1) is 9.13. The summed E-state index contributed by atoms with van der Waals surface area (Å²) in [5, 5.41) is 6.47. The Balaban J connectivity index is 1.95. The van der Waals surface area contributed by atoms with E-state index in [1.165, 1.54) is 23.2 Å². The zero-order valence-corrected chi connectivity index (χ0v) is 12.5. The first kappa shape index (κ1) is 12.6. The van der Waals surface area contributed by atoms with Crippen molar-refractivity contribution >= 4 is 16.5 Å². The topological polar surface area (TPSA) is 37.8 Å². The number of aromatic nitrogens is 2. The molecule has 0 radical (unpaired) electrons. The van der Waals surface area contributed by atoms with Crippen LogP contribution >= 0.6 is 11.3 Å². The molecule has 0 bridgehead atoms. The van der Waals surface area contributed by atoms with E-state index in [1.807, 2.05) is 0 Å². The predicted molar refractivity (Wildman–Crippen MR) is 80.9 cm³/mol. The van der Waals surface area contributed by atoms with Gasteiger partial charge in [-0.05, 0) is 51.7 Å². The Morgan fingerprint density at radius 3 is 2.89 bits per heavy atom. The minimum atomic E-state index is 0.415. The van der Waals surface area contributed by atoms with Gasteiger partial charge in [-0.2, -0.15) is 0 Å². The third kappa shape index (κ3) is 2.50. The van der Waals surface area contributed by atoms with Crippen molar-refractivity contribution in [3.63, 3.8) is 0 Å². The second-order valence-electron chi connectivity index (χ2n) is 5.42. The maximum absolute atomic E-state index is 4.74. The molecule has 0 fully saturated rings. The van der Waals surface area contributed by atoms with Gasteiger partial charge >= 0.3 is 0 Å². The maximum Gasteiger partial charge on any atom is 0.183 e. The number of nitrogens with one attached hydrogen (secondary N) is 1. The lowest BCUT2D eigenvalue weighted by Crippen LogP contribution is -2.09. The average molecular weight is 273 g/mol. The summed E-state index contributed by atoms with van der Waals surface area (Å²) in [5.41, 5.74) is 6.03. The van der Waals surface area contributed by atoms with Crippen molar-refractivity contribution in [2.24, 2.45) is 0 Å². The number of rotatable bonds is 3. The van der Waals surface area contributed by atoms with Gasteiger partial charge in [0.15, 0.2) is 5.13 Å². The summed E-state index contributed by atoms with van der Waals surface area (Å²) in [6, 6.07) is 2.71. The van der Waals surface area contributed by atoms with Gasteiger partial charge < -0.3 is 5.32 Å². The van der Waals surface area contributed by atoms with Crippen molar-refractivity contribution in [1.82, 2.24) is 9.97 Å². The molecule has 0 amide bonds. The molecule has 3 rings (SSSR count). The molecule has 0 saturated carbocycles. The molecule has 2 aromatic rings. The molecule has 0 unspecified atom stereocenters. The number of nitrogens with zero attached hydrogens (tertiary/aromatic N) is 2. The van der Waals surface area contributed by atoms with E-state index in [0.29, 0.717) is 6.04 Å². The van der Waals surface area contributed by atoms with E-state index in [4.69, 9.17) is 4.98 Å². The van der Waals surface area contributed by atoms with Crippen LogP contribution in [-0.2, 0) is 12.8 Å². The molecule has 0 atom stereocenters. The van der Waals surface area contributed by atoms with Gasteiger partial charge in [-0.1, -0.05) is 0 Å². The number of hydrogen-bond donors (Lipinski definition) is 1. The number of hydrogen-bond acceptors (Lipinski definition) is 4. The molecule has 100 valence electrons. The molecule has 0 spiro atoms. The van der Waals surface area contributed by atoms with Gasteiger partial charge in [0.05, 0.1) is 5.69 Å². The van der Waals surface area contributed by atoms with E-state index in [9.17, 15) is 0 Å². The molecule has 1 N–H and O–H groups in total. The predicted octanol–water partition coefficient (Wildman–Crippen LogP) is 3.82. The third-order valence-electron chi connectivity index (χ3n) is 3.43. The molecular formula is C15H19N3S. The number of thiazole rings is 1. The Hall–Kier alpha value is -1.42. The summed E-state index contributed by atoms with van der Waals surface area (Å²) < 4.78 is 0. The molecule has 1 aliphatic carbocycles. The summed E-state index contributed by atoms with van der Waals surface area (Å²) in [6.07, 6.45) is 3.53. The van der Waals surface area contributed by atoms with E-state index in [-0.39, 0.29) is 0 Å². The largest absolute Gasteiger partial charge is 0.359 e. The van der Waals surface area contributed by atoms with Gasteiger partial charge in [0.1, 0.15) is 0 Å². The quantitative estimate of drug-likeness (QED) is 0.923. The first-order valence-corrected chi connectivity index (χ1v) is 7.73. The van der Waals surface area contributed by atoms with Crippen LogP contribution in [0.4, 0.5) is 5.13 Å². The van der Waals surface area contributed by atoms with Crippen molar-refractivity contribution < 1.29 is 0 Å². The number of fused-ring (bicyclic) bond motifs is 1. The molecule has 0 aromatic carbocycles. The number of aryl methyl sites for hydroxylation is 3. The van der Waals surface area contributed by atoms with Gasteiger partial charge in [-0.25, -0.2) is 4.98 Å². The summed E-state index contributed by atoms with van der Waals surface area (Å²) in [5.74, 6) is 0. The van der Waals surface area contributed by atoms with Crippen molar-refractivity contribution in [2.45, 2.75) is 46.1 Å². The molecule has 19 heavy (non-hydrogen) atoms. The van der Waals surface area contributed by atoms with Gasteiger partial charge in [0.25, 0.3) is 0 Å². The van der Waals surface area contributed by atoms with Gasteiger partial charge in [0.2, 0.25) is 0 Å². The van der Waals surface area contributed by atoms with E-state index < -0.39 is 0 Å². The molecule has 2 heterocycles. The van der Waals surface area contributed by atoms with Crippen LogP contribution in [0.15, 0.2) is 11.4 Å². The van der Waals surface area contributed by atoms with Gasteiger partial charge in [0, 0.05) is 28.4 Å². The minimum absolute atomic E-state index is 0.415. The van der Waals surface area contributed by atoms with E-state index in [0.717, 1.165) is 29.4 Å². The zero-order valence-electron chi connectivity index (χ0n) is 11.7. The highest BCUT2D eigenvalue weighted by Crippen LogP contribution is 2.31. The smallest absolute Gasteiger partial charge is 0.183 e. The minimum Gasteiger partial charge on any atom is -0.359 e. The van der Waals surface area contributed by atoms with Crippen LogP contribution in [0.3, 0.4) is 0 Å².